The molecular weight excluding hydrogens is 228 g/mol. The molecule has 0 aromatic rings. The summed E-state index contributed by atoms with van der Waals surface area (Å²) in [4.78, 5) is 0. The summed E-state index contributed by atoms with van der Waals surface area (Å²) in [6, 6.07) is 0.387. The molecule has 0 radical (unpaired) electrons. The van der Waals surface area contributed by atoms with E-state index < -0.39 is 0 Å². The molecular formula is C14H30N2O2. The Balaban J connectivity index is 2.26. The Hall–Kier alpha value is -0.160. The number of methoxy groups -OCH3 is 1. The van der Waals surface area contributed by atoms with E-state index in [9.17, 15) is 0 Å². The maximum absolute atomic E-state index is 5.71. The van der Waals surface area contributed by atoms with Crippen LogP contribution in [0.3, 0.4) is 0 Å². The summed E-state index contributed by atoms with van der Waals surface area (Å²) in [5.41, 5.74) is 2.99. The van der Waals surface area contributed by atoms with Crippen molar-refractivity contribution >= 4 is 0 Å². The molecule has 3 unspecified atom stereocenters. The van der Waals surface area contributed by atoms with Crippen molar-refractivity contribution in [3.05, 3.63) is 0 Å². The van der Waals surface area contributed by atoms with Gasteiger partial charge in [-0.15, -0.1) is 0 Å². The number of nitrogens with one attached hydrogen (secondary N) is 1. The van der Waals surface area contributed by atoms with E-state index in [2.05, 4.69) is 19.3 Å². The molecule has 1 rings (SSSR count). The normalized spacial score (nSPS) is 30.3. The second kappa shape index (κ2) is 8.86. The zero-order chi connectivity index (χ0) is 13.4. The molecule has 0 bridgehead atoms. The van der Waals surface area contributed by atoms with Crippen LogP contribution in [0, 0.1) is 17.8 Å². The van der Waals surface area contributed by atoms with Crippen LogP contribution in [0.2, 0.25) is 0 Å². The van der Waals surface area contributed by atoms with Crippen LogP contribution in [0.1, 0.15) is 39.5 Å². The molecule has 1 aliphatic carbocycles. The van der Waals surface area contributed by atoms with E-state index in [1.54, 1.807) is 7.11 Å². The number of hydrazine groups is 1. The van der Waals surface area contributed by atoms with Gasteiger partial charge in [0.15, 0.2) is 0 Å². The van der Waals surface area contributed by atoms with E-state index in [1.807, 2.05) is 0 Å². The van der Waals surface area contributed by atoms with E-state index >= 15 is 0 Å². The van der Waals surface area contributed by atoms with Gasteiger partial charge in [0.25, 0.3) is 0 Å². The molecule has 0 amide bonds. The fourth-order valence-electron chi connectivity index (χ4n) is 3.25. The molecule has 4 nitrogen and oxygen atoms in total. The van der Waals surface area contributed by atoms with Crippen molar-refractivity contribution in [1.82, 2.24) is 5.43 Å². The van der Waals surface area contributed by atoms with Gasteiger partial charge in [-0.1, -0.05) is 13.8 Å². The van der Waals surface area contributed by atoms with Gasteiger partial charge in [0.1, 0.15) is 0 Å². The smallest absolute Gasteiger partial charge is 0.0700 e. The third kappa shape index (κ3) is 5.65. The van der Waals surface area contributed by atoms with Gasteiger partial charge in [-0.2, -0.15) is 0 Å². The van der Waals surface area contributed by atoms with Crippen LogP contribution in [0.5, 0.6) is 0 Å². The topological polar surface area (TPSA) is 56.5 Å². The number of rotatable bonds is 8. The highest BCUT2D eigenvalue weighted by molar-refractivity contribution is 4.82. The van der Waals surface area contributed by atoms with Crippen LogP contribution in [0.25, 0.3) is 0 Å². The van der Waals surface area contributed by atoms with E-state index in [0.29, 0.717) is 25.2 Å². The number of nitrogens with two attached hydrogens (primary N) is 1. The molecule has 0 saturated heterocycles. The van der Waals surface area contributed by atoms with Crippen molar-refractivity contribution in [1.29, 1.82) is 0 Å². The Morgan fingerprint density at radius 1 is 1.11 bits per heavy atom. The highest BCUT2D eigenvalue weighted by Crippen LogP contribution is 2.35. The predicted molar refractivity (Wildman–Crippen MR) is 74.1 cm³/mol. The van der Waals surface area contributed by atoms with Gasteiger partial charge in [-0.25, -0.2) is 0 Å². The molecule has 0 aromatic heterocycles. The monoisotopic (exact) mass is 258 g/mol. The quantitative estimate of drug-likeness (QED) is 0.397. The van der Waals surface area contributed by atoms with Crippen molar-refractivity contribution in [3.63, 3.8) is 0 Å². The van der Waals surface area contributed by atoms with Crippen LogP contribution < -0.4 is 11.3 Å². The maximum atomic E-state index is 5.71. The van der Waals surface area contributed by atoms with Gasteiger partial charge in [-0.05, 0) is 43.4 Å². The molecule has 1 fully saturated rings. The standard InChI is InChI=1S/C14H30N2O2/c1-11-8-12(2)10-13(9-11)14(16-15)4-5-18-7-6-17-3/h11-14,16H,4-10,15H2,1-3H3. The molecule has 1 aliphatic rings. The molecule has 0 aliphatic heterocycles. The molecule has 18 heavy (non-hydrogen) atoms. The van der Waals surface area contributed by atoms with Crippen LogP contribution in [0.4, 0.5) is 0 Å². The average molecular weight is 258 g/mol. The van der Waals surface area contributed by atoms with E-state index in [1.165, 1.54) is 19.3 Å². The van der Waals surface area contributed by atoms with Gasteiger partial charge in [0, 0.05) is 19.8 Å². The van der Waals surface area contributed by atoms with Crippen molar-refractivity contribution in [2.45, 2.75) is 45.6 Å². The molecule has 1 saturated carbocycles. The van der Waals surface area contributed by atoms with E-state index in [-0.39, 0.29) is 0 Å². The lowest BCUT2D eigenvalue weighted by molar-refractivity contribution is 0.0585. The minimum atomic E-state index is 0.387. The number of hydrogen-bond donors (Lipinski definition) is 2. The maximum Gasteiger partial charge on any atom is 0.0700 e. The Kier molecular flexibility index (Phi) is 7.82. The highest BCUT2D eigenvalue weighted by Gasteiger charge is 2.29. The Labute approximate surface area is 112 Å². The minimum absolute atomic E-state index is 0.387. The Bertz CT molecular complexity index is 204. The zero-order valence-electron chi connectivity index (χ0n) is 12.2. The summed E-state index contributed by atoms with van der Waals surface area (Å²) >= 11 is 0. The molecule has 0 aromatic carbocycles. The summed E-state index contributed by atoms with van der Waals surface area (Å²) in [6.45, 7) is 6.80. The van der Waals surface area contributed by atoms with Crippen LogP contribution in [-0.2, 0) is 9.47 Å². The highest BCUT2D eigenvalue weighted by atomic mass is 16.5. The van der Waals surface area contributed by atoms with Crippen LogP contribution in [-0.4, -0.2) is 33.0 Å². The predicted octanol–water partition coefficient (Wildman–Crippen LogP) is 1.94. The molecule has 0 heterocycles. The van der Waals surface area contributed by atoms with Crippen molar-refractivity contribution in [3.8, 4) is 0 Å². The van der Waals surface area contributed by atoms with Gasteiger partial charge < -0.3 is 9.47 Å². The van der Waals surface area contributed by atoms with Crippen LogP contribution >= 0.6 is 0 Å². The molecule has 0 spiro atoms. The molecule has 108 valence electrons. The van der Waals surface area contributed by atoms with Gasteiger partial charge in [0.2, 0.25) is 0 Å². The molecule has 3 N–H and O–H groups in total. The van der Waals surface area contributed by atoms with E-state index in [0.717, 1.165) is 24.9 Å². The summed E-state index contributed by atoms with van der Waals surface area (Å²) < 4.78 is 10.5. The lowest BCUT2D eigenvalue weighted by atomic mass is 9.73. The first-order chi connectivity index (χ1) is 8.67. The third-order valence-corrected chi connectivity index (χ3v) is 4.00. The fourth-order valence-corrected chi connectivity index (χ4v) is 3.25. The van der Waals surface area contributed by atoms with E-state index in [4.69, 9.17) is 15.3 Å². The first kappa shape index (κ1) is 15.9. The summed E-state index contributed by atoms with van der Waals surface area (Å²) in [5, 5.41) is 0. The Morgan fingerprint density at radius 3 is 2.33 bits per heavy atom. The SMILES string of the molecule is COCCOCCC(NN)C1CC(C)CC(C)C1. The van der Waals surface area contributed by atoms with Gasteiger partial charge >= 0.3 is 0 Å². The van der Waals surface area contributed by atoms with Gasteiger partial charge in [0.05, 0.1) is 13.2 Å². The fraction of sp³-hybridized carbons (Fsp3) is 1.00. The molecule has 3 atom stereocenters. The lowest BCUT2D eigenvalue weighted by Crippen LogP contribution is -2.44. The first-order valence-corrected chi connectivity index (χ1v) is 7.20. The zero-order valence-corrected chi connectivity index (χ0v) is 12.2. The van der Waals surface area contributed by atoms with Gasteiger partial charge in [-0.3, -0.25) is 11.3 Å². The van der Waals surface area contributed by atoms with Crippen molar-refractivity contribution < 1.29 is 9.47 Å². The van der Waals surface area contributed by atoms with Crippen molar-refractivity contribution in [2.24, 2.45) is 23.6 Å². The van der Waals surface area contributed by atoms with Crippen LogP contribution in [0.15, 0.2) is 0 Å². The second-order valence-electron chi connectivity index (χ2n) is 5.84. The third-order valence-electron chi connectivity index (χ3n) is 4.00. The largest absolute Gasteiger partial charge is 0.382 e. The summed E-state index contributed by atoms with van der Waals surface area (Å²) in [7, 11) is 1.69. The number of hydrogen-bond acceptors (Lipinski definition) is 4. The second-order valence-corrected chi connectivity index (χ2v) is 5.84. The lowest BCUT2D eigenvalue weighted by Gasteiger charge is -2.36. The number of ether oxygens (including phenoxy) is 2. The minimum Gasteiger partial charge on any atom is -0.382 e. The molecule has 4 heteroatoms. The summed E-state index contributed by atoms with van der Waals surface area (Å²) in [5.74, 6) is 8.05. The van der Waals surface area contributed by atoms with Crippen molar-refractivity contribution in [2.75, 3.05) is 26.9 Å². The summed E-state index contributed by atoms with van der Waals surface area (Å²) in [6.07, 6.45) is 4.93. The average Bonchev–Trinajstić information content (AvgIpc) is 2.32. The Morgan fingerprint density at radius 2 is 1.78 bits per heavy atom. The first-order valence-electron chi connectivity index (χ1n) is 7.20.